The normalized spacial score (nSPS) is 25.8. The van der Waals surface area contributed by atoms with E-state index >= 15 is 0 Å². The van der Waals surface area contributed by atoms with E-state index in [1.165, 1.54) is 48.8 Å². The van der Waals surface area contributed by atoms with E-state index in [4.69, 9.17) is 5.73 Å². The lowest BCUT2D eigenvalue weighted by Gasteiger charge is -2.35. The Labute approximate surface area is 292 Å². The third-order valence-corrected chi connectivity index (χ3v) is 13.3. The van der Waals surface area contributed by atoms with E-state index in [2.05, 4.69) is 60.7 Å². The minimum atomic E-state index is -0.936. The van der Waals surface area contributed by atoms with Crippen molar-refractivity contribution in [2.75, 3.05) is 12.3 Å². The predicted molar refractivity (Wildman–Crippen MR) is 199 cm³/mol. The van der Waals surface area contributed by atoms with Gasteiger partial charge in [0.2, 0.25) is 0 Å². The van der Waals surface area contributed by atoms with Crippen LogP contribution in [0.1, 0.15) is 94.2 Å². The minimum absolute atomic E-state index is 0.105. The van der Waals surface area contributed by atoms with Gasteiger partial charge in [-0.3, -0.25) is 4.79 Å². The first-order valence-electron chi connectivity index (χ1n) is 18.2. The summed E-state index contributed by atoms with van der Waals surface area (Å²) in [4.78, 5) is 12.6. The van der Waals surface area contributed by atoms with E-state index < -0.39 is 24.1 Å². The number of allylic oxidation sites excluding steroid dienone is 1. The SMILES string of the molecule is C[C@H](O)[C@H](C(=O)O)[C@@H]1CCc2ccccc2CSSC[C@@H](Cc2ccccc2)[C@H](CC=C[C@H](O)CC2CCCCC2)CC[C@H]1CCN. The molecule has 1 heterocycles. The van der Waals surface area contributed by atoms with Gasteiger partial charge in [-0.1, -0.05) is 120 Å². The van der Waals surface area contributed by atoms with Crippen molar-refractivity contribution in [3.05, 3.63) is 83.4 Å². The van der Waals surface area contributed by atoms with Crippen LogP contribution in [0.25, 0.3) is 0 Å². The number of fused-ring (bicyclic) bond motifs is 1. The number of carboxylic acid groups (broad SMARTS) is 1. The van der Waals surface area contributed by atoms with Crippen LogP contribution in [0.2, 0.25) is 0 Å². The van der Waals surface area contributed by atoms with E-state index in [1.54, 1.807) is 6.92 Å². The quantitative estimate of drug-likeness (QED) is 0.131. The maximum absolute atomic E-state index is 12.6. The van der Waals surface area contributed by atoms with Crippen molar-refractivity contribution >= 4 is 27.6 Å². The van der Waals surface area contributed by atoms with Crippen molar-refractivity contribution in [1.29, 1.82) is 0 Å². The standard InChI is InChI=1S/C40H59NO4S2/c1-29(42)39(40(44)45)38-22-21-32-15-8-9-16-35(32)27-46-47-28-36(25-30-11-4-2-5-12-30)33(19-20-34(38)23-24-41)17-10-18-37(43)26-31-13-6-3-7-14-31/h2,4-5,8-12,15-16,18,29,31,33-34,36-39,42-43H,3,6-7,13-14,17,19-28,41H2,1H3,(H,44,45)/t29-,33+,34-,36+,37-,38+,39-/m0/s1. The Morgan fingerprint density at radius 1 is 0.894 bits per heavy atom. The van der Waals surface area contributed by atoms with Crippen molar-refractivity contribution in [1.82, 2.24) is 0 Å². The molecule has 5 N–H and O–H groups in total. The molecular weight excluding hydrogens is 623 g/mol. The van der Waals surface area contributed by atoms with Gasteiger partial charge in [-0.25, -0.2) is 0 Å². The molecule has 1 aliphatic carbocycles. The van der Waals surface area contributed by atoms with E-state index in [-0.39, 0.29) is 11.8 Å². The van der Waals surface area contributed by atoms with Crippen LogP contribution in [0.15, 0.2) is 66.7 Å². The molecule has 0 unspecified atom stereocenters. The summed E-state index contributed by atoms with van der Waals surface area (Å²) in [6, 6.07) is 19.3. The second-order valence-electron chi connectivity index (χ2n) is 14.2. The lowest BCUT2D eigenvalue weighted by atomic mass is 9.71. The van der Waals surface area contributed by atoms with Crippen molar-refractivity contribution in [3.8, 4) is 0 Å². The number of rotatable bonds is 12. The summed E-state index contributed by atoms with van der Waals surface area (Å²) in [5, 5.41) is 32.1. The van der Waals surface area contributed by atoms with Gasteiger partial charge in [0.25, 0.3) is 0 Å². The van der Waals surface area contributed by atoms with Crippen LogP contribution in [-0.2, 0) is 23.4 Å². The Morgan fingerprint density at radius 2 is 1.60 bits per heavy atom. The zero-order valence-corrected chi connectivity index (χ0v) is 30.1. The summed E-state index contributed by atoms with van der Waals surface area (Å²) in [5.74, 6) is 1.57. The van der Waals surface area contributed by atoms with Gasteiger partial charge in [-0.15, -0.1) is 0 Å². The topological polar surface area (TPSA) is 104 Å². The minimum Gasteiger partial charge on any atom is -0.481 e. The highest BCUT2D eigenvalue weighted by atomic mass is 33.1. The molecule has 0 spiro atoms. The maximum Gasteiger partial charge on any atom is 0.309 e. The second-order valence-corrected chi connectivity index (χ2v) is 16.7. The Bertz CT molecular complexity index is 1200. The van der Waals surface area contributed by atoms with Gasteiger partial charge >= 0.3 is 5.97 Å². The monoisotopic (exact) mass is 681 g/mol. The number of benzene rings is 2. The summed E-state index contributed by atoms with van der Waals surface area (Å²) in [7, 11) is 3.89. The first-order valence-corrected chi connectivity index (χ1v) is 20.6. The van der Waals surface area contributed by atoms with Crippen LogP contribution in [0.5, 0.6) is 0 Å². The average molecular weight is 682 g/mol. The fraction of sp³-hybridized carbons (Fsp3) is 0.625. The molecule has 0 radical (unpaired) electrons. The van der Waals surface area contributed by atoms with Crippen LogP contribution >= 0.6 is 21.6 Å². The Balaban J connectivity index is 1.62. The molecule has 0 amide bonds. The van der Waals surface area contributed by atoms with Crippen LogP contribution in [0.4, 0.5) is 0 Å². The predicted octanol–water partition coefficient (Wildman–Crippen LogP) is 8.71. The van der Waals surface area contributed by atoms with Gasteiger partial charge in [0.15, 0.2) is 0 Å². The molecular formula is C40H59NO4S2. The lowest BCUT2D eigenvalue weighted by molar-refractivity contribution is -0.149. The van der Waals surface area contributed by atoms with Crippen LogP contribution in [-0.4, -0.2) is 45.8 Å². The molecule has 5 nitrogen and oxygen atoms in total. The molecule has 2 aromatic carbocycles. The molecule has 1 saturated carbocycles. The number of carbonyl (C=O) groups is 1. The summed E-state index contributed by atoms with van der Waals surface area (Å²) < 4.78 is 0. The fourth-order valence-electron chi connectivity index (χ4n) is 8.25. The summed E-state index contributed by atoms with van der Waals surface area (Å²) in [6.07, 6.45) is 16.2. The van der Waals surface area contributed by atoms with Crippen molar-refractivity contribution in [2.24, 2.45) is 41.2 Å². The first kappa shape index (κ1) is 38.0. The number of aryl methyl sites for hydroxylation is 1. The fourth-order valence-corrected chi connectivity index (χ4v) is 10.9. The molecule has 0 saturated heterocycles. The highest BCUT2D eigenvalue weighted by Crippen LogP contribution is 2.40. The molecule has 4 rings (SSSR count). The largest absolute Gasteiger partial charge is 0.481 e. The van der Waals surface area contributed by atoms with Gasteiger partial charge in [-0.05, 0) is 111 Å². The molecule has 47 heavy (non-hydrogen) atoms. The van der Waals surface area contributed by atoms with Crippen molar-refractivity contribution in [3.63, 3.8) is 0 Å². The highest BCUT2D eigenvalue weighted by Gasteiger charge is 2.37. The number of aliphatic hydroxyl groups is 2. The highest BCUT2D eigenvalue weighted by molar-refractivity contribution is 8.76. The van der Waals surface area contributed by atoms with Gasteiger partial charge < -0.3 is 21.1 Å². The van der Waals surface area contributed by atoms with E-state index in [0.29, 0.717) is 30.7 Å². The number of aliphatic hydroxyl groups excluding tert-OH is 2. The smallest absolute Gasteiger partial charge is 0.309 e. The third-order valence-electron chi connectivity index (χ3n) is 10.9. The molecule has 7 atom stereocenters. The Kier molecular flexibility index (Phi) is 16.7. The molecule has 260 valence electrons. The average Bonchev–Trinajstić information content (AvgIpc) is 3.06. The third kappa shape index (κ3) is 12.6. The van der Waals surface area contributed by atoms with Crippen molar-refractivity contribution in [2.45, 2.75) is 108 Å². The molecule has 7 heteroatoms. The summed E-state index contributed by atoms with van der Waals surface area (Å²) in [5.41, 5.74) is 10.1. The molecule has 1 fully saturated rings. The van der Waals surface area contributed by atoms with E-state index in [1.807, 2.05) is 27.7 Å². The molecule has 0 aromatic heterocycles. The number of carboxylic acids is 1. The van der Waals surface area contributed by atoms with Gasteiger partial charge in [0, 0.05) is 11.5 Å². The molecule has 2 aliphatic rings. The van der Waals surface area contributed by atoms with Gasteiger partial charge in [-0.2, -0.15) is 0 Å². The summed E-state index contributed by atoms with van der Waals surface area (Å²) in [6.45, 7) is 2.13. The summed E-state index contributed by atoms with van der Waals surface area (Å²) >= 11 is 0. The molecule has 0 bridgehead atoms. The maximum atomic E-state index is 12.6. The second kappa shape index (κ2) is 20.7. The number of nitrogens with two attached hydrogens (primary N) is 1. The zero-order valence-electron chi connectivity index (χ0n) is 28.4. The lowest BCUT2D eigenvalue weighted by Crippen LogP contribution is -2.38. The van der Waals surface area contributed by atoms with Gasteiger partial charge in [0.05, 0.1) is 18.1 Å². The zero-order chi connectivity index (χ0) is 33.4. The Hall–Kier alpha value is -1.77. The molecule has 2 aromatic rings. The van der Waals surface area contributed by atoms with E-state index in [0.717, 1.165) is 56.5 Å². The van der Waals surface area contributed by atoms with Crippen LogP contribution < -0.4 is 5.73 Å². The Morgan fingerprint density at radius 3 is 2.30 bits per heavy atom. The van der Waals surface area contributed by atoms with E-state index in [9.17, 15) is 20.1 Å². The number of hydrogen-bond donors (Lipinski definition) is 4. The van der Waals surface area contributed by atoms with Gasteiger partial charge in [0.1, 0.15) is 0 Å². The first-order chi connectivity index (χ1) is 22.9. The number of hydrogen-bond acceptors (Lipinski definition) is 6. The van der Waals surface area contributed by atoms with Crippen molar-refractivity contribution < 1.29 is 20.1 Å². The van der Waals surface area contributed by atoms with Crippen LogP contribution in [0.3, 0.4) is 0 Å². The molecule has 1 aliphatic heterocycles. The van der Waals surface area contributed by atoms with Crippen LogP contribution in [0, 0.1) is 35.5 Å². The number of aliphatic carboxylic acids is 1.